The van der Waals surface area contributed by atoms with Gasteiger partial charge in [0.05, 0.1) is 19.8 Å². The zero-order valence-corrected chi connectivity index (χ0v) is 11.6. The number of benzene rings is 1. The van der Waals surface area contributed by atoms with Crippen LogP contribution in [0.25, 0.3) is 10.8 Å². The molecular formula is C15H20N2O2. The van der Waals surface area contributed by atoms with Gasteiger partial charge < -0.3 is 14.8 Å². The summed E-state index contributed by atoms with van der Waals surface area (Å²) < 4.78 is 10.5. The van der Waals surface area contributed by atoms with Crippen LogP contribution in [0.1, 0.15) is 13.3 Å². The highest BCUT2D eigenvalue weighted by molar-refractivity contribution is 5.92. The van der Waals surface area contributed by atoms with Crippen molar-refractivity contribution in [3.63, 3.8) is 0 Å². The maximum Gasteiger partial charge on any atom is 0.134 e. The van der Waals surface area contributed by atoms with Crippen LogP contribution in [0.2, 0.25) is 0 Å². The van der Waals surface area contributed by atoms with E-state index in [1.807, 2.05) is 30.5 Å². The minimum Gasteiger partial charge on any atom is -0.497 e. The molecule has 0 fully saturated rings. The smallest absolute Gasteiger partial charge is 0.134 e. The monoisotopic (exact) mass is 260 g/mol. The number of rotatable bonds is 6. The quantitative estimate of drug-likeness (QED) is 0.866. The predicted octanol–water partition coefficient (Wildman–Crippen LogP) is 3.08. The molecule has 4 heteroatoms. The fourth-order valence-corrected chi connectivity index (χ4v) is 2.05. The van der Waals surface area contributed by atoms with Crippen molar-refractivity contribution in [2.24, 2.45) is 0 Å². The number of aromatic nitrogens is 1. The number of hydrogen-bond acceptors (Lipinski definition) is 4. The zero-order chi connectivity index (χ0) is 13.7. The van der Waals surface area contributed by atoms with Gasteiger partial charge in [0.25, 0.3) is 0 Å². The van der Waals surface area contributed by atoms with Crippen molar-refractivity contribution in [1.29, 1.82) is 0 Å². The molecule has 0 bridgehead atoms. The van der Waals surface area contributed by atoms with E-state index in [1.54, 1.807) is 14.2 Å². The second-order valence-electron chi connectivity index (χ2n) is 4.45. The van der Waals surface area contributed by atoms with E-state index in [9.17, 15) is 0 Å². The summed E-state index contributed by atoms with van der Waals surface area (Å²) in [5, 5.41) is 5.64. The molecule has 0 aliphatic carbocycles. The van der Waals surface area contributed by atoms with E-state index in [2.05, 4.69) is 17.2 Å². The van der Waals surface area contributed by atoms with Gasteiger partial charge in [0.15, 0.2) is 0 Å². The Hall–Kier alpha value is -1.81. The van der Waals surface area contributed by atoms with E-state index in [-0.39, 0.29) is 6.04 Å². The van der Waals surface area contributed by atoms with Gasteiger partial charge in [-0.1, -0.05) is 13.0 Å². The Labute approximate surface area is 113 Å². The standard InChI is InChI=1S/C15H20N2O2/c1-4-12(10-18-2)17-15-14-9-13(19-3)6-5-11(14)7-8-16-15/h5-9,12H,4,10H2,1-3H3,(H,16,17). The molecule has 19 heavy (non-hydrogen) atoms. The molecular weight excluding hydrogens is 240 g/mol. The molecule has 1 heterocycles. The summed E-state index contributed by atoms with van der Waals surface area (Å²) in [5.74, 6) is 1.71. The molecule has 0 aliphatic heterocycles. The van der Waals surface area contributed by atoms with Gasteiger partial charge in [0.1, 0.15) is 11.6 Å². The average Bonchev–Trinajstić information content (AvgIpc) is 2.46. The normalized spacial score (nSPS) is 12.4. The lowest BCUT2D eigenvalue weighted by atomic mass is 10.1. The third-order valence-electron chi connectivity index (χ3n) is 3.17. The highest BCUT2D eigenvalue weighted by Crippen LogP contribution is 2.26. The molecule has 0 radical (unpaired) electrons. The van der Waals surface area contributed by atoms with E-state index in [1.165, 1.54) is 0 Å². The zero-order valence-electron chi connectivity index (χ0n) is 11.6. The highest BCUT2D eigenvalue weighted by atomic mass is 16.5. The lowest BCUT2D eigenvalue weighted by Crippen LogP contribution is -2.24. The second-order valence-corrected chi connectivity index (χ2v) is 4.45. The predicted molar refractivity (Wildman–Crippen MR) is 77.9 cm³/mol. The lowest BCUT2D eigenvalue weighted by Gasteiger charge is -2.18. The first-order chi connectivity index (χ1) is 9.28. The summed E-state index contributed by atoms with van der Waals surface area (Å²) in [4.78, 5) is 4.43. The molecule has 0 amide bonds. The van der Waals surface area contributed by atoms with Crippen LogP contribution in [0.3, 0.4) is 0 Å². The molecule has 0 aliphatic rings. The van der Waals surface area contributed by atoms with Crippen molar-refractivity contribution < 1.29 is 9.47 Å². The molecule has 1 unspecified atom stereocenters. The van der Waals surface area contributed by atoms with E-state index in [4.69, 9.17) is 9.47 Å². The summed E-state index contributed by atoms with van der Waals surface area (Å²) >= 11 is 0. The third kappa shape index (κ3) is 3.15. The first-order valence-electron chi connectivity index (χ1n) is 6.46. The van der Waals surface area contributed by atoms with Crippen LogP contribution in [0.4, 0.5) is 5.82 Å². The summed E-state index contributed by atoms with van der Waals surface area (Å²) in [6.45, 7) is 2.79. The Balaban J connectivity index is 2.35. The van der Waals surface area contributed by atoms with Gasteiger partial charge in [-0.25, -0.2) is 4.98 Å². The maximum absolute atomic E-state index is 5.28. The molecule has 4 nitrogen and oxygen atoms in total. The van der Waals surface area contributed by atoms with Crippen molar-refractivity contribution in [3.05, 3.63) is 30.5 Å². The topological polar surface area (TPSA) is 43.4 Å². The van der Waals surface area contributed by atoms with E-state index >= 15 is 0 Å². The Morgan fingerprint density at radius 3 is 2.79 bits per heavy atom. The molecule has 1 atom stereocenters. The van der Waals surface area contributed by atoms with Crippen LogP contribution in [-0.4, -0.2) is 31.9 Å². The molecule has 102 valence electrons. The van der Waals surface area contributed by atoms with Crippen LogP contribution in [0.15, 0.2) is 30.5 Å². The number of ether oxygens (including phenoxy) is 2. The van der Waals surface area contributed by atoms with Crippen LogP contribution >= 0.6 is 0 Å². The van der Waals surface area contributed by atoms with Gasteiger partial charge in [-0.15, -0.1) is 0 Å². The number of pyridine rings is 1. The Morgan fingerprint density at radius 2 is 2.11 bits per heavy atom. The van der Waals surface area contributed by atoms with Crippen molar-refractivity contribution in [2.75, 3.05) is 26.1 Å². The van der Waals surface area contributed by atoms with Crippen LogP contribution in [0.5, 0.6) is 5.75 Å². The second kappa shape index (κ2) is 6.38. The largest absolute Gasteiger partial charge is 0.497 e. The molecule has 1 aromatic carbocycles. The molecule has 2 aromatic rings. The molecule has 1 N–H and O–H groups in total. The minimum atomic E-state index is 0.259. The van der Waals surface area contributed by atoms with Crippen molar-refractivity contribution in [2.45, 2.75) is 19.4 Å². The highest BCUT2D eigenvalue weighted by Gasteiger charge is 2.09. The van der Waals surface area contributed by atoms with Gasteiger partial charge >= 0.3 is 0 Å². The van der Waals surface area contributed by atoms with Gasteiger partial charge in [-0.3, -0.25) is 0 Å². The molecule has 1 aromatic heterocycles. The summed E-state index contributed by atoms with van der Waals surface area (Å²) in [6, 6.07) is 8.26. The van der Waals surface area contributed by atoms with Gasteiger partial charge in [-0.2, -0.15) is 0 Å². The average molecular weight is 260 g/mol. The Kier molecular flexibility index (Phi) is 4.58. The van der Waals surface area contributed by atoms with Crippen LogP contribution in [-0.2, 0) is 4.74 Å². The lowest BCUT2D eigenvalue weighted by molar-refractivity contribution is 0.184. The fraction of sp³-hybridized carbons (Fsp3) is 0.400. The molecule has 0 spiro atoms. The first-order valence-corrected chi connectivity index (χ1v) is 6.46. The molecule has 0 saturated heterocycles. The number of methoxy groups -OCH3 is 2. The molecule has 0 saturated carbocycles. The van der Waals surface area contributed by atoms with Gasteiger partial charge in [-0.05, 0) is 30.0 Å². The van der Waals surface area contributed by atoms with Crippen molar-refractivity contribution in [3.8, 4) is 5.75 Å². The van der Waals surface area contributed by atoms with E-state index in [0.717, 1.165) is 28.8 Å². The van der Waals surface area contributed by atoms with Crippen molar-refractivity contribution in [1.82, 2.24) is 4.98 Å². The first kappa shape index (κ1) is 13.6. The van der Waals surface area contributed by atoms with Crippen LogP contribution < -0.4 is 10.1 Å². The van der Waals surface area contributed by atoms with E-state index in [0.29, 0.717) is 6.61 Å². The maximum atomic E-state index is 5.28. The number of anilines is 1. The van der Waals surface area contributed by atoms with Gasteiger partial charge in [0.2, 0.25) is 0 Å². The summed E-state index contributed by atoms with van der Waals surface area (Å²) in [7, 11) is 3.38. The number of hydrogen-bond donors (Lipinski definition) is 1. The summed E-state index contributed by atoms with van der Waals surface area (Å²) in [6.07, 6.45) is 2.80. The third-order valence-corrected chi connectivity index (χ3v) is 3.17. The Bertz CT molecular complexity index is 543. The van der Waals surface area contributed by atoms with E-state index < -0.39 is 0 Å². The number of fused-ring (bicyclic) bond motifs is 1. The Morgan fingerprint density at radius 1 is 1.26 bits per heavy atom. The SMILES string of the molecule is CCC(COC)Nc1nccc2ccc(OC)cc12. The summed E-state index contributed by atoms with van der Waals surface area (Å²) in [5.41, 5.74) is 0. The van der Waals surface area contributed by atoms with Crippen LogP contribution in [0, 0.1) is 0 Å². The van der Waals surface area contributed by atoms with Crippen molar-refractivity contribution >= 4 is 16.6 Å². The molecule has 2 rings (SSSR count). The number of nitrogens with one attached hydrogen (secondary N) is 1. The van der Waals surface area contributed by atoms with Gasteiger partial charge in [0, 0.05) is 18.7 Å². The number of nitrogens with zero attached hydrogens (tertiary/aromatic N) is 1. The fourth-order valence-electron chi connectivity index (χ4n) is 2.05. The minimum absolute atomic E-state index is 0.259.